The van der Waals surface area contributed by atoms with Crippen molar-refractivity contribution in [2.24, 2.45) is 5.73 Å². The van der Waals surface area contributed by atoms with Crippen molar-refractivity contribution in [1.82, 2.24) is 4.31 Å². The quantitative estimate of drug-likeness (QED) is 0.899. The largest absolute Gasteiger partial charge is 0.368 e. The molecule has 0 saturated carbocycles. The lowest BCUT2D eigenvalue weighted by atomic mass is 10.0. The van der Waals surface area contributed by atoms with E-state index in [2.05, 4.69) is 0 Å². The lowest BCUT2D eigenvalue weighted by molar-refractivity contribution is -0.122. The molecule has 1 atom stereocenters. The summed E-state index contributed by atoms with van der Waals surface area (Å²) >= 11 is 0. The third-order valence-electron chi connectivity index (χ3n) is 3.41. The van der Waals surface area contributed by atoms with Gasteiger partial charge in [0.2, 0.25) is 15.9 Å². The summed E-state index contributed by atoms with van der Waals surface area (Å²) in [6.45, 7) is 2.24. The molecule has 19 heavy (non-hydrogen) atoms. The standard InChI is InChI=1S/C13H18N2O3S/c1-10-5-7-11(8-6-10)19(17,18)15-9-3-2-4-12(15)13(14)16/h5-8,12H,2-4,9H2,1H3,(H2,14,16)/t12-/m0/s1. The van der Waals surface area contributed by atoms with Crippen LogP contribution < -0.4 is 5.73 Å². The molecular formula is C13H18N2O3S. The molecule has 1 aromatic rings. The monoisotopic (exact) mass is 282 g/mol. The minimum Gasteiger partial charge on any atom is -0.368 e. The maximum Gasteiger partial charge on any atom is 0.243 e. The molecule has 0 unspecified atom stereocenters. The number of rotatable bonds is 3. The van der Waals surface area contributed by atoms with E-state index >= 15 is 0 Å². The average molecular weight is 282 g/mol. The van der Waals surface area contributed by atoms with Gasteiger partial charge in [-0.15, -0.1) is 0 Å². The fourth-order valence-corrected chi connectivity index (χ4v) is 3.99. The van der Waals surface area contributed by atoms with E-state index in [4.69, 9.17) is 5.73 Å². The summed E-state index contributed by atoms with van der Waals surface area (Å²) in [6.07, 6.45) is 2.09. The van der Waals surface area contributed by atoms with Gasteiger partial charge in [-0.05, 0) is 31.9 Å². The van der Waals surface area contributed by atoms with Crippen LogP contribution in [0.2, 0.25) is 0 Å². The number of hydrogen-bond acceptors (Lipinski definition) is 3. The van der Waals surface area contributed by atoms with Crippen molar-refractivity contribution in [3.63, 3.8) is 0 Å². The van der Waals surface area contributed by atoms with Gasteiger partial charge in [0, 0.05) is 6.54 Å². The Labute approximate surface area is 113 Å². The molecule has 0 radical (unpaired) electrons. The number of aryl methyl sites for hydroxylation is 1. The lowest BCUT2D eigenvalue weighted by Gasteiger charge is -2.32. The highest BCUT2D eigenvalue weighted by molar-refractivity contribution is 7.89. The van der Waals surface area contributed by atoms with Crippen molar-refractivity contribution < 1.29 is 13.2 Å². The molecule has 1 aliphatic rings. The smallest absolute Gasteiger partial charge is 0.243 e. The molecule has 1 fully saturated rings. The Morgan fingerprint density at radius 1 is 1.26 bits per heavy atom. The third-order valence-corrected chi connectivity index (χ3v) is 5.33. The van der Waals surface area contributed by atoms with Crippen LogP contribution in [0, 0.1) is 6.92 Å². The number of nitrogens with zero attached hydrogens (tertiary/aromatic N) is 1. The van der Waals surface area contributed by atoms with Gasteiger partial charge in [-0.1, -0.05) is 24.1 Å². The number of sulfonamides is 1. The summed E-state index contributed by atoms with van der Waals surface area (Å²) in [7, 11) is -3.64. The van der Waals surface area contributed by atoms with Crippen molar-refractivity contribution in [2.75, 3.05) is 6.54 Å². The Hall–Kier alpha value is -1.40. The number of amides is 1. The molecule has 2 rings (SSSR count). The summed E-state index contributed by atoms with van der Waals surface area (Å²) in [5.41, 5.74) is 6.30. The zero-order chi connectivity index (χ0) is 14.0. The number of carbonyl (C=O) groups is 1. The molecule has 0 aliphatic carbocycles. The molecule has 2 N–H and O–H groups in total. The highest BCUT2D eigenvalue weighted by atomic mass is 32.2. The van der Waals surface area contributed by atoms with Crippen molar-refractivity contribution in [2.45, 2.75) is 37.1 Å². The number of hydrogen-bond donors (Lipinski definition) is 1. The summed E-state index contributed by atoms with van der Waals surface area (Å²) in [6, 6.07) is 5.90. The van der Waals surface area contributed by atoms with E-state index in [1.54, 1.807) is 24.3 Å². The molecule has 104 valence electrons. The maximum absolute atomic E-state index is 12.5. The van der Waals surface area contributed by atoms with Crippen LogP contribution in [0.4, 0.5) is 0 Å². The van der Waals surface area contributed by atoms with Crippen LogP contribution in [0.25, 0.3) is 0 Å². The summed E-state index contributed by atoms with van der Waals surface area (Å²) in [5.74, 6) is -0.574. The van der Waals surface area contributed by atoms with E-state index in [1.165, 1.54) is 4.31 Å². The molecule has 1 heterocycles. The van der Waals surface area contributed by atoms with Gasteiger partial charge in [-0.3, -0.25) is 4.79 Å². The number of carbonyl (C=O) groups excluding carboxylic acids is 1. The van der Waals surface area contributed by atoms with Gasteiger partial charge >= 0.3 is 0 Å². The first-order chi connectivity index (χ1) is 8.93. The Morgan fingerprint density at radius 2 is 1.89 bits per heavy atom. The molecule has 1 saturated heterocycles. The van der Waals surface area contributed by atoms with Crippen molar-refractivity contribution in [3.05, 3.63) is 29.8 Å². The highest BCUT2D eigenvalue weighted by Gasteiger charge is 2.36. The van der Waals surface area contributed by atoms with Gasteiger partial charge in [0.05, 0.1) is 4.90 Å². The van der Waals surface area contributed by atoms with E-state index in [9.17, 15) is 13.2 Å². The first kappa shape index (κ1) is 14.0. The van der Waals surface area contributed by atoms with Gasteiger partial charge in [0.15, 0.2) is 0 Å². The molecule has 1 aliphatic heterocycles. The minimum atomic E-state index is -3.64. The molecule has 1 aromatic carbocycles. The zero-order valence-corrected chi connectivity index (χ0v) is 11.7. The highest BCUT2D eigenvalue weighted by Crippen LogP contribution is 2.25. The Balaban J connectivity index is 2.37. The van der Waals surface area contributed by atoms with E-state index < -0.39 is 22.0 Å². The second-order valence-electron chi connectivity index (χ2n) is 4.84. The SMILES string of the molecule is Cc1ccc(S(=O)(=O)N2CCCC[C@H]2C(N)=O)cc1. The van der Waals surface area contributed by atoms with Gasteiger partial charge in [-0.2, -0.15) is 4.31 Å². The van der Waals surface area contributed by atoms with Crippen LogP contribution in [-0.2, 0) is 14.8 Å². The van der Waals surface area contributed by atoms with Crippen LogP contribution in [0.1, 0.15) is 24.8 Å². The molecule has 5 nitrogen and oxygen atoms in total. The molecule has 1 amide bonds. The lowest BCUT2D eigenvalue weighted by Crippen LogP contribution is -2.50. The van der Waals surface area contributed by atoms with Gasteiger partial charge in [0.1, 0.15) is 6.04 Å². The fourth-order valence-electron chi connectivity index (χ4n) is 2.32. The zero-order valence-electron chi connectivity index (χ0n) is 10.9. The van der Waals surface area contributed by atoms with Crippen molar-refractivity contribution >= 4 is 15.9 Å². The number of benzene rings is 1. The molecule has 0 aromatic heterocycles. The first-order valence-corrected chi connectivity index (χ1v) is 7.75. The fraction of sp³-hybridized carbons (Fsp3) is 0.462. The summed E-state index contributed by atoms with van der Waals surface area (Å²) < 4.78 is 26.3. The van der Waals surface area contributed by atoms with Crippen molar-refractivity contribution in [3.8, 4) is 0 Å². The number of primary amides is 1. The van der Waals surface area contributed by atoms with Crippen LogP contribution in [-0.4, -0.2) is 31.2 Å². The number of piperidine rings is 1. The third kappa shape index (κ3) is 2.79. The van der Waals surface area contributed by atoms with Crippen LogP contribution in [0.3, 0.4) is 0 Å². The van der Waals surface area contributed by atoms with E-state index in [0.29, 0.717) is 13.0 Å². The molecule has 0 bridgehead atoms. The van der Waals surface area contributed by atoms with Gasteiger partial charge in [-0.25, -0.2) is 8.42 Å². The Bertz CT molecular complexity index is 566. The summed E-state index contributed by atoms with van der Waals surface area (Å²) in [4.78, 5) is 11.6. The molecule has 0 spiro atoms. The Kier molecular flexibility index (Phi) is 3.91. The second kappa shape index (κ2) is 5.30. The average Bonchev–Trinajstić information content (AvgIpc) is 2.39. The first-order valence-electron chi connectivity index (χ1n) is 6.31. The van der Waals surface area contributed by atoms with E-state index in [0.717, 1.165) is 18.4 Å². The van der Waals surface area contributed by atoms with E-state index in [-0.39, 0.29) is 4.90 Å². The van der Waals surface area contributed by atoms with E-state index in [1.807, 2.05) is 6.92 Å². The molecular weight excluding hydrogens is 264 g/mol. The predicted octanol–water partition coefficient (Wildman–Crippen LogP) is 1.02. The van der Waals surface area contributed by atoms with Crippen LogP contribution in [0.5, 0.6) is 0 Å². The number of nitrogens with two attached hydrogens (primary N) is 1. The van der Waals surface area contributed by atoms with Gasteiger partial charge in [0.25, 0.3) is 0 Å². The second-order valence-corrected chi connectivity index (χ2v) is 6.73. The molecule has 6 heteroatoms. The predicted molar refractivity (Wildman–Crippen MR) is 71.9 cm³/mol. The normalized spacial score (nSPS) is 21.2. The van der Waals surface area contributed by atoms with Crippen LogP contribution in [0.15, 0.2) is 29.2 Å². The van der Waals surface area contributed by atoms with Gasteiger partial charge < -0.3 is 5.73 Å². The Morgan fingerprint density at radius 3 is 2.47 bits per heavy atom. The van der Waals surface area contributed by atoms with Crippen molar-refractivity contribution in [1.29, 1.82) is 0 Å². The van der Waals surface area contributed by atoms with Crippen LogP contribution >= 0.6 is 0 Å². The minimum absolute atomic E-state index is 0.214. The topological polar surface area (TPSA) is 80.5 Å². The summed E-state index contributed by atoms with van der Waals surface area (Å²) in [5, 5.41) is 0. The maximum atomic E-state index is 12.5.